The fraction of sp³-hybridized carbons (Fsp3) is 0.400. The van der Waals surface area contributed by atoms with E-state index in [9.17, 15) is 5.11 Å². The molecule has 0 radical (unpaired) electrons. The number of pyridine rings is 2. The summed E-state index contributed by atoms with van der Waals surface area (Å²) in [5.41, 5.74) is 3.88. The van der Waals surface area contributed by atoms with Gasteiger partial charge >= 0.3 is 0 Å². The molecule has 31 heavy (non-hydrogen) atoms. The molecular formula is C25H33ClN4O. The summed E-state index contributed by atoms with van der Waals surface area (Å²) >= 11 is 6.07. The molecule has 0 spiro atoms. The van der Waals surface area contributed by atoms with Gasteiger partial charge in [0.05, 0.1) is 28.4 Å². The minimum Gasteiger partial charge on any atom is -0.379 e. The summed E-state index contributed by atoms with van der Waals surface area (Å²) < 4.78 is 0. The number of aliphatic hydroxyl groups excluding tert-OH is 1. The van der Waals surface area contributed by atoms with Crippen LogP contribution >= 0.6 is 11.6 Å². The van der Waals surface area contributed by atoms with E-state index in [-0.39, 0.29) is 0 Å². The van der Waals surface area contributed by atoms with E-state index in [0.29, 0.717) is 16.5 Å². The average molecular weight is 441 g/mol. The number of unbranched alkanes of at least 4 members (excludes halogenated alkanes) is 3. The second-order valence-electron chi connectivity index (χ2n) is 7.17. The number of nitrogens with zero attached hydrogens (tertiary/aromatic N) is 3. The first-order valence-corrected chi connectivity index (χ1v) is 11.5. The van der Waals surface area contributed by atoms with Crippen LogP contribution in [0.1, 0.15) is 76.6 Å². The summed E-state index contributed by atoms with van der Waals surface area (Å²) in [6, 6.07) is 9.17. The first kappa shape index (κ1) is 24.8. The molecule has 5 nitrogen and oxygen atoms in total. The topological polar surface area (TPSA) is 74.7 Å². The van der Waals surface area contributed by atoms with Crippen LogP contribution in [-0.2, 0) is 0 Å². The van der Waals surface area contributed by atoms with E-state index < -0.39 is 6.10 Å². The molecule has 0 aliphatic rings. The monoisotopic (exact) mass is 440 g/mol. The Morgan fingerprint density at radius 2 is 1.71 bits per heavy atom. The van der Waals surface area contributed by atoms with Crippen LogP contribution in [0.5, 0.6) is 0 Å². The molecule has 166 valence electrons. The maximum absolute atomic E-state index is 10.5. The van der Waals surface area contributed by atoms with Gasteiger partial charge in [0.1, 0.15) is 5.82 Å². The van der Waals surface area contributed by atoms with Crippen molar-refractivity contribution in [2.75, 3.05) is 0 Å². The molecule has 1 unspecified atom stereocenters. The zero-order valence-electron chi connectivity index (χ0n) is 19.1. The molecule has 3 heterocycles. The minimum atomic E-state index is -0.919. The van der Waals surface area contributed by atoms with Gasteiger partial charge in [0.15, 0.2) is 6.10 Å². The smallest absolute Gasteiger partial charge is 0.153 e. The van der Waals surface area contributed by atoms with E-state index in [1.54, 1.807) is 24.5 Å². The Hall–Kier alpha value is -2.50. The maximum Gasteiger partial charge on any atom is 0.153 e. The number of rotatable bonds is 5. The zero-order valence-corrected chi connectivity index (χ0v) is 19.9. The molecule has 4 aromatic rings. The van der Waals surface area contributed by atoms with Gasteiger partial charge < -0.3 is 10.1 Å². The number of aryl methyl sites for hydroxylation is 1. The Kier molecular flexibility index (Phi) is 9.89. The molecule has 1 atom stereocenters. The molecule has 0 fully saturated rings. The van der Waals surface area contributed by atoms with Crippen LogP contribution in [-0.4, -0.2) is 25.0 Å². The second-order valence-corrected chi connectivity index (χ2v) is 7.61. The van der Waals surface area contributed by atoms with E-state index in [1.165, 1.54) is 25.7 Å². The van der Waals surface area contributed by atoms with Crippen molar-refractivity contribution in [1.82, 2.24) is 19.9 Å². The lowest BCUT2D eigenvalue weighted by atomic mass is 10.2. The number of imidazole rings is 1. The van der Waals surface area contributed by atoms with Crippen LogP contribution in [0.3, 0.4) is 0 Å². The van der Waals surface area contributed by atoms with E-state index in [1.807, 2.05) is 39.0 Å². The van der Waals surface area contributed by atoms with E-state index >= 15 is 0 Å². The Morgan fingerprint density at radius 1 is 1.00 bits per heavy atom. The molecule has 1 aromatic carbocycles. The summed E-state index contributed by atoms with van der Waals surface area (Å²) in [4.78, 5) is 16.3. The van der Waals surface area contributed by atoms with Gasteiger partial charge in [-0.05, 0) is 36.8 Å². The molecule has 0 aliphatic heterocycles. The third kappa shape index (κ3) is 6.49. The number of fused-ring (bicyclic) bond motifs is 3. The van der Waals surface area contributed by atoms with Crippen molar-refractivity contribution >= 4 is 33.5 Å². The van der Waals surface area contributed by atoms with Gasteiger partial charge in [0, 0.05) is 16.6 Å². The van der Waals surface area contributed by atoms with Crippen molar-refractivity contribution in [2.45, 2.75) is 66.4 Å². The van der Waals surface area contributed by atoms with Gasteiger partial charge in [-0.25, -0.2) is 4.98 Å². The van der Waals surface area contributed by atoms with Gasteiger partial charge in [0.2, 0.25) is 0 Å². The van der Waals surface area contributed by atoms with Crippen LogP contribution < -0.4 is 0 Å². The summed E-state index contributed by atoms with van der Waals surface area (Å²) in [5.74, 6) is 0.436. The lowest BCUT2D eigenvalue weighted by Gasteiger charge is -2.06. The van der Waals surface area contributed by atoms with Crippen LogP contribution in [0.4, 0.5) is 0 Å². The van der Waals surface area contributed by atoms with Crippen molar-refractivity contribution in [3.05, 3.63) is 64.8 Å². The third-order valence-electron chi connectivity index (χ3n) is 4.73. The molecule has 0 aliphatic carbocycles. The summed E-state index contributed by atoms with van der Waals surface area (Å²) in [7, 11) is 0. The predicted molar refractivity (Wildman–Crippen MR) is 131 cm³/mol. The predicted octanol–water partition coefficient (Wildman–Crippen LogP) is 7.16. The molecule has 0 amide bonds. The number of aromatic amines is 1. The van der Waals surface area contributed by atoms with Gasteiger partial charge in [-0.3, -0.25) is 9.97 Å². The number of halogens is 1. The molecular weight excluding hydrogens is 408 g/mol. The number of hydrogen-bond acceptors (Lipinski definition) is 4. The largest absolute Gasteiger partial charge is 0.379 e. The van der Waals surface area contributed by atoms with Crippen molar-refractivity contribution in [3.8, 4) is 0 Å². The van der Waals surface area contributed by atoms with Gasteiger partial charge in [0.25, 0.3) is 0 Å². The van der Waals surface area contributed by atoms with Crippen molar-refractivity contribution in [3.63, 3.8) is 0 Å². The second kappa shape index (κ2) is 12.4. The van der Waals surface area contributed by atoms with Crippen LogP contribution in [0.2, 0.25) is 5.02 Å². The Morgan fingerprint density at radius 3 is 2.32 bits per heavy atom. The summed E-state index contributed by atoms with van der Waals surface area (Å²) in [5, 5.41) is 12.0. The highest BCUT2D eigenvalue weighted by Gasteiger charge is 2.17. The van der Waals surface area contributed by atoms with Crippen LogP contribution in [0, 0.1) is 6.92 Å². The van der Waals surface area contributed by atoms with Gasteiger partial charge in [-0.2, -0.15) is 0 Å². The standard InChI is InChI=1S/C17H13ClN4O.C6H14.C2H6/c1-9-2-4-13(19-7-9)16(23)17-21-14-8-20-12-5-3-10(18)6-11(12)15(14)22-17;1-3-5-6-4-2;1-2/h2-8,16,23H,1H3,(H,21,22);3-6H2,1-2H3;1-2H3. The van der Waals surface area contributed by atoms with E-state index in [0.717, 1.165) is 27.5 Å². The molecule has 0 saturated carbocycles. The van der Waals surface area contributed by atoms with Crippen LogP contribution in [0.25, 0.3) is 21.9 Å². The fourth-order valence-corrected chi connectivity index (χ4v) is 3.23. The minimum absolute atomic E-state index is 0.436. The average Bonchev–Trinajstić information content (AvgIpc) is 3.24. The molecule has 2 N–H and O–H groups in total. The summed E-state index contributed by atoms with van der Waals surface area (Å²) in [6.07, 6.45) is 8.04. The third-order valence-corrected chi connectivity index (χ3v) is 4.96. The number of aromatic nitrogens is 4. The first-order chi connectivity index (χ1) is 15.0. The van der Waals surface area contributed by atoms with Crippen LogP contribution in [0.15, 0.2) is 42.7 Å². The quantitative estimate of drug-likeness (QED) is 0.323. The van der Waals surface area contributed by atoms with Crippen molar-refractivity contribution in [2.24, 2.45) is 0 Å². The maximum atomic E-state index is 10.5. The molecule has 6 heteroatoms. The number of hydrogen-bond donors (Lipinski definition) is 2. The van der Waals surface area contributed by atoms with Gasteiger partial charge in [-0.15, -0.1) is 0 Å². The number of H-pyrrole nitrogens is 1. The SMILES string of the molecule is CC.CCCCCC.Cc1ccc(C(O)c2nc3c(cnc4ccc(Cl)cc43)[nH]2)nc1. The normalized spacial score (nSPS) is 11.5. The number of nitrogens with one attached hydrogen (secondary N) is 1. The Labute approximate surface area is 189 Å². The highest BCUT2D eigenvalue weighted by Crippen LogP contribution is 2.27. The summed E-state index contributed by atoms with van der Waals surface area (Å²) in [6.45, 7) is 10.4. The zero-order chi connectivity index (χ0) is 22.8. The fourth-order valence-electron chi connectivity index (χ4n) is 3.06. The van der Waals surface area contributed by atoms with E-state index in [4.69, 9.17) is 11.6 Å². The lowest BCUT2D eigenvalue weighted by Crippen LogP contribution is -2.04. The highest BCUT2D eigenvalue weighted by atomic mass is 35.5. The first-order valence-electron chi connectivity index (χ1n) is 11.1. The molecule has 0 saturated heterocycles. The van der Waals surface area contributed by atoms with E-state index in [2.05, 4.69) is 33.8 Å². The number of aliphatic hydroxyl groups is 1. The van der Waals surface area contributed by atoms with Crippen molar-refractivity contribution in [1.29, 1.82) is 0 Å². The van der Waals surface area contributed by atoms with Crippen molar-refractivity contribution < 1.29 is 5.11 Å². The number of benzene rings is 1. The highest BCUT2D eigenvalue weighted by molar-refractivity contribution is 6.31. The molecule has 0 bridgehead atoms. The molecule has 4 rings (SSSR count). The Balaban J connectivity index is 0.000000372. The van der Waals surface area contributed by atoms with Gasteiger partial charge in [-0.1, -0.05) is 71.0 Å². The lowest BCUT2D eigenvalue weighted by molar-refractivity contribution is 0.206. The molecule has 3 aromatic heterocycles. The Bertz CT molecular complexity index is 1070.